The Labute approximate surface area is 219 Å². The molecule has 0 radical (unpaired) electrons. The van der Waals surface area contributed by atoms with Gasteiger partial charge in [-0.25, -0.2) is 0 Å². The number of nitrogens with one attached hydrogen (secondary N) is 1. The van der Waals surface area contributed by atoms with Crippen molar-refractivity contribution in [3.8, 4) is 28.4 Å². The van der Waals surface area contributed by atoms with E-state index in [1.54, 1.807) is 12.1 Å². The smallest absolute Gasteiger partial charge is 0.387 e. The highest BCUT2D eigenvalue weighted by atomic mass is 19.3. The van der Waals surface area contributed by atoms with Gasteiger partial charge in [0.15, 0.2) is 0 Å². The number of rotatable bonds is 10. The van der Waals surface area contributed by atoms with Gasteiger partial charge < -0.3 is 29.1 Å². The van der Waals surface area contributed by atoms with Gasteiger partial charge in [0, 0.05) is 23.6 Å². The lowest BCUT2D eigenvalue weighted by atomic mass is 10.0. The number of alkyl halides is 2. The van der Waals surface area contributed by atoms with E-state index in [1.165, 1.54) is 32.3 Å². The third kappa shape index (κ3) is 5.71. The van der Waals surface area contributed by atoms with Crippen molar-refractivity contribution in [2.24, 2.45) is 0 Å². The molecule has 3 aromatic rings. The number of furan rings is 1. The maximum atomic E-state index is 13.4. The predicted molar refractivity (Wildman–Crippen MR) is 137 cm³/mol. The van der Waals surface area contributed by atoms with Gasteiger partial charge in [-0.2, -0.15) is 8.78 Å². The minimum absolute atomic E-state index is 0.0688. The molecule has 0 unspecified atom stereocenters. The molecule has 5 rings (SSSR count). The van der Waals surface area contributed by atoms with Crippen molar-refractivity contribution in [3.05, 3.63) is 42.2 Å². The van der Waals surface area contributed by atoms with Crippen LogP contribution in [0, 0.1) is 0 Å². The van der Waals surface area contributed by atoms with Crippen LogP contribution in [0.5, 0.6) is 17.2 Å². The van der Waals surface area contributed by atoms with Crippen LogP contribution < -0.4 is 19.5 Å². The summed E-state index contributed by atoms with van der Waals surface area (Å²) in [5.41, 5.74) is 1.53. The Morgan fingerprint density at radius 1 is 1.16 bits per heavy atom. The van der Waals surface area contributed by atoms with Crippen molar-refractivity contribution in [3.63, 3.8) is 0 Å². The number of halogens is 2. The van der Waals surface area contributed by atoms with Crippen LogP contribution >= 0.6 is 0 Å². The number of aliphatic hydroxyl groups is 1. The molecule has 2 aliphatic rings. The van der Waals surface area contributed by atoms with E-state index in [-0.39, 0.29) is 17.1 Å². The van der Waals surface area contributed by atoms with E-state index >= 15 is 0 Å². The molecule has 1 aliphatic heterocycles. The molecule has 1 saturated heterocycles. The number of fused-ring (bicyclic) bond motifs is 1. The van der Waals surface area contributed by atoms with Crippen molar-refractivity contribution in [1.82, 2.24) is 10.2 Å². The molecule has 10 heteroatoms. The number of likely N-dealkylation sites (tertiary alicyclic amines) is 1. The molecular formula is C28H32F2N2O6. The largest absolute Gasteiger partial charge is 0.496 e. The summed E-state index contributed by atoms with van der Waals surface area (Å²) in [5, 5.41) is 13.6. The number of hydrogen-bond donors (Lipinski definition) is 2. The molecule has 0 bridgehead atoms. The number of hydrogen-bond acceptors (Lipinski definition) is 7. The average molecular weight is 531 g/mol. The number of benzene rings is 2. The summed E-state index contributed by atoms with van der Waals surface area (Å²) in [6.45, 7) is 0.501. The third-order valence-electron chi connectivity index (χ3n) is 7.26. The highest BCUT2D eigenvalue weighted by molar-refractivity contribution is 6.02. The number of methoxy groups -OCH3 is 1. The number of nitrogens with zero attached hydrogens (tertiary/aromatic N) is 1. The zero-order valence-electron chi connectivity index (χ0n) is 21.3. The van der Waals surface area contributed by atoms with Gasteiger partial charge in [-0.15, -0.1) is 0 Å². The Hall–Kier alpha value is -3.37. The summed E-state index contributed by atoms with van der Waals surface area (Å²) in [4.78, 5) is 15.5. The standard InChI is InChI=1S/C28H32F2N2O6/c1-35-24-13-17(14-25(38-28(29)30)26(24)27(34)31-21-5-4-6-22(21)33)20-16-37-23-15-18(7-8-19(20)23)36-12-11-32-9-2-3-10-32/h7-8,13-16,21-22,28,33H,2-6,9-12H2,1H3,(H,31,34)/t21-,22+/m0/s1. The number of ether oxygens (including phenoxy) is 3. The molecule has 0 spiro atoms. The van der Waals surface area contributed by atoms with Crippen molar-refractivity contribution >= 4 is 16.9 Å². The summed E-state index contributed by atoms with van der Waals surface area (Å²) in [7, 11) is 1.35. The van der Waals surface area contributed by atoms with E-state index in [1.807, 2.05) is 12.1 Å². The predicted octanol–water partition coefficient (Wildman–Crippen LogP) is 4.83. The van der Waals surface area contributed by atoms with Gasteiger partial charge in [0.05, 0.1) is 25.5 Å². The lowest BCUT2D eigenvalue weighted by Crippen LogP contribution is -2.40. The SMILES string of the molecule is COc1cc(-c2coc3cc(OCCN4CCCC4)ccc23)cc(OC(F)F)c1C(=O)N[C@H]1CCC[C@H]1O. The first-order valence-corrected chi connectivity index (χ1v) is 13.0. The molecule has 8 nitrogen and oxygen atoms in total. The van der Waals surface area contributed by atoms with Crippen LogP contribution in [0.1, 0.15) is 42.5 Å². The fourth-order valence-corrected chi connectivity index (χ4v) is 5.29. The maximum Gasteiger partial charge on any atom is 0.387 e. The van der Waals surface area contributed by atoms with Gasteiger partial charge in [0.25, 0.3) is 5.91 Å². The Balaban J connectivity index is 1.41. The molecule has 2 aromatic carbocycles. The number of aliphatic hydroxyl groups excluding tert-OH is 1. The second-order valence-corrected chi connectivity index (χ2v) is 9.71. The Morgan fingerprint density at radius 2 is 1.95 bits per heavy atom. The maximum absolute atomic E-state index is 13.4. The topological polar surface area (TPSA) is 93.4 Å². The summed E-state index contributed by atoms with van der Waals surface area (Å²) in [5.74, 6) is -0.226. The Kier molecular flexibility index (Phi) is 7.99. The van der Waals surface area contributed by atoms with Crippen molar-refractivity contribution in [1.29, 1.82) is 0 Å². The third-order valence-corrected chi connectivity index (χ3v) is 7.26. The Bertz CT molecular complexity index is 1270. The van der Waals surface area contributed by atoms with Gasteiger partial charge in [-0.05, 0) is 75.0 Å². The molecule has 1 aromatic heterocycles. The van der Waals surface area contributed by atoms with E-state index in [0.29, 0.717) is 41.9 Å². The van der Waals surface area contributed by atoms with Crippen LogP contribution in [-0.2, 0) is 0 Å². The number of amides is 1. The molecular weight excluding hydrogens is 498 g/mol. The monoisotopic (exact) mass is 530 g/mol. The normalized spacial score (nSPS) is 19.8. The first-order valence-electron chi connectivity index (χ1n) is 13.0. The van der Waals surface area contributed by atoms with Crippen molar-refractivity contribution in [2.75, 3.05) is 33.4 Å². The summed E-state index contributed by atoms with van der Waals surface area (Å²) < 4.78 is 48.6. The van der Waals surface area contributed by atoms with E-state index in [0.717, 1.165) is 31.4 Å². The first-order chi connectivity index (χ1) is 18.4. The summed E-state index contributed by atoms with van der Waals surface area (Å²) in [6.07, 6.45) is 5.23. The van der Waals surface area contributed by atoms with Gasteiger partial charge in [0.1, 0.15) is 35.0 Å². The van der Waals surface area contributed by atoms with Gasteiger partial charge in [-0.3, -0.25) is 9.69 Å². The van der Waals surface area contributed by atoms with E-state index < -0.39 is 24.7 Å². The second kappa shape index (κ2) is 11.6. The zero-order chi connectivity index (χ0) is 26.6. The quantitative estimate of drug-likeness (QED) is 0.388. The van der Waals surface area contributed by atoms with Crippen molar-refractivity contribution < 1.29 is 37.3 Å². The van der Waals surface area contributed by atoms with Crippen LogP contribution in [0.15, 0.2) is 41.0 Å². The fourth-order valence-electron chi connectivity index (χ4n) is 5.29. The van der Waals surface area contributed by atoms with Crippen LogP contribution in [0.2, 0.25) is 0 Å². The Morgan fingerprint density at radius 3 is 2.66 bits per heavy atom. The molecule has 2 N–H and O–H groups in total. The molecule has 2 atom stereocenters. The molecule has 1 aliphatic carbocycles. The average Bonchev–Trinajstić information content (AvgIpc) is 3.65. The van der Waals surface area contributed by atoms with Crippen LogP contribution in [-0.4, -0.2) is 68.0 Å². The highest BCUT2D eigenvalue weighted by Gasteiger charge is 2.30. The van der Waals surface area contributed by atoms with Crippen molar-refractivity contribution in [2.45, 2.75) is 50.9 Å². The number of carbonyl (C=O) groups is 1. The molecule has 2 fully saturated rings. The zero-order valence-corrected chi connectivity index (χ0v) is 21.3. The molecule has 1 saturated carbocycles. The molecule has 204 valence electrons. The minimum atomic E-state index is -3.15. The fraction of sp³-hybridized carbons (Fsp3) is 0.464. The van der Waals surface area contributed by atoms with Gasteiger partial charge in [0.2, 0.25) is 0 Å². The van der Waals surface area contributed by atoms with Crippen LogP contribution in [0.3, 0.4) is 0 Å². The van der Waals surface area contributed by atoms with Crippen LogP contribution in [0.25, 0.3) is 22.1 Å². The number of carbonyl (C=O) groups excluding carboxylic acids is 1. The minimum Gasteiger partial charge on any atom is -0.496 e. The molecule has 1 amide bonds. The lowest BCUT2D eigenvalue weighted by Gasteiger charge is -2.20. The molecule has 2 heterocycles. The summed E-state index contributed by atoms with van der Waals surface area (Å²) >= 11 is 0. The second-order valence-electron chi connectivity index (χ2n) is 9.71. The first kappa shape index (κ1) is 26.2. The summed E-state index contributed by atoms with van der Waals surface area (Å²) in [6, 6.07) is 7.99. The molecule has 38 heavy (non-hydrogen) atoms. The van der Waals surface area contributed by atoms with E-state index in [4.69, 9.17) is 18.6 Å². The van der Waals surface area contributed by atoms with Gasteiger partial charge in [-0.1, -0.05) is 0 Å². The van der Waals surface area contributed by atoms with Gasteiger partial charge >= 0.3 is 6.61 Å². The van der Waals surface area contributed by atoms with Crippen LogP contribution in [0.4, 0.5) is 8.78 Å². The van der Waals surface area contributed by atoms with E-state index in [2.05, 4.69) is 10.2 Å². The highest BCUT2D eigenvalue weighted by Crippen LogP contribution is 2.40. The van der Waals surface area contributed by atoms with E-state index in [9.17, 15) is 18.7 Å². The lowest BCUT2D eigenvalue weighted by molar-refractivity contribution is -0.0502.